The zero-order valence-corrected chi connectivity index (χ0v) is 11.7. The van der Waals surface area contributed by atoms with Gasteiger partial charge in [0, 0.05) is 16.6 Å². The Hall–Kier alpha value is -0.650. The normalized spacial score (nSPS) is 10.7. The molecule has 0 aliphatic heterocycles. The molecule has 0 aliphatic carbocycles. The minimum atomic E-state index is 0.608. The van der Waals surface area contributed by atoms with Crippen molar-refractivity contribution in [2.75, 3.05) is 0 Å². The number of halogens is 2. The van der Waals surface area contributed by atoms with Gasteiger partial charge in [0.05, 0.1) is 5.02 Å². The molecule has 1 heterocycles. The number of nitrogens with zero attached hydrogens (tertiary/aromatic N) is 2. The predicted molar refractivity (Wildman–Crippen MR) is 71.2 cm³/mol. The molecule has 1 N–H and O–H groups in total. The van der Waals surface area contributed by atoms with Crippen molar-refractivity contribution in [2.45, 2.75) is 13.5 Å². The highest BCUT2D eigenvalue weighted by atomic mass is 79.9. The fourth-order valence-corrected chi connectivity index (χ4v) is 2.51. The van der Waals surface area contributed by atoms with Crippen LogP contribution in [0.25, 0.3) is 11.4 Å². The van der Waals surface area contributed by atoms with Crippen LogP contribution in [0.3, 0.4) is 0 Å². The highest BCUT2D eigenvalue weighted by Crippen LogP contribution is 2.29. The number of nitrogens with one attached hydrogen (secondary N) is 1. The molecule has 3 nitrogen and oxygen atoms in total. The molecule has 0 saturated heterocycles. The molecule has 1 aromatic carbocycles. The molecule has 16 heavy (non-hydrogen) atoms. The van der Waals surface area contributed by atoms with Gasteiger partial charge in [-0.05, 0) is 37.3 Å². The first-order valence-electron chi connectivity index (χ1n) is 4.74. The van der Waals surface area contributed by atoms with Crippen LogP contribution in [0.15, 0.2) is 22.7 Å². The van der Waals surface area contributed by atoms with Crippen molar-refractivity contribution in [3.05, 3.63) is 32.5 Å². The fraction of sp³-hybridized carbons (Fsp3) is 0.200. The SMILES string of the molecule is CCn1c(-c2ccc(Br)cc2Cl)n[nH]c1=S. The van der Waals surface area contributed by atoms with Gasteiger partial charge in [-0.3, -0.25) is 5.10 Å². The van der Waals surface area contributed by atoms with Gasteiger partial charge in [-0.2, -0.15) is 5.10 Å². The second-order valence-corrected chi connectivity index (χ2v) is 4.93. The van der Waals surface area contributed by atoms with E-state index >= 15 is 0 Å². The van der Waals surface area contributed by atoms with Crippen LogP contribution in [-0.2, 0) is 6.54 Å². The van der Waals surface area contributed by atoms with Gasteiger partial charge in [0.15, 0.2) is 10.6 Å². The molecule has 0 bridgehead atoms. The van der Waals surface area contributed by atoms with Gasteiger partial charge in [-0.25, -0.2) is 0 Å². The summed E-state index contributed by atoms with van der Waals surface area (Å²) in [5, 5.41) is 7.62. The van der Waals surface area contributed by atoms with Crippen LogP contribution in [0.5, 0.6) is 0 Å². The zero-order valence-electron chi connectivity index (χ0n) is 8.50. The molecule has 0 radical (unpaired) electrons. The van der Waals surface area contributed by atoms with E-state index in [9.17, 15) is 0 Å². The highest BCUT2D eigenvalue weighted by molar-refractivity contribution is 9.10. The van der Waals surface area contributed by atoms with E-state index in [0.717, 1.165) is 22.4 Å². The molecule has 0 spiro atoms. The number of hydrogen-bond donors (Lipinski definition) is 1. The van der Waals surface area contributed by atoms with Crippen LogP contribution in [0, 0.1) is 4.77 Å². The van der Waals surface area contributed by atoms with Crippen molar-refractivity contribution < 1.29 is 0 Å². The van der Waals surface area contributed by atoms with Crippen molar-refractivity contribution >= 4 is 39.7 Å². The molecule has 0 saturated carbocycles. The largest absolute Gasteiger partial charge is 0.300 e. The Kier molecular flexibility index (Phi) is 3.47. The summed E-state index contributed by atoms with van der Waals surface area (Å²) in [5.74, 6) is 0.769. The minimum absolute atomic E-state index is 0.608. The summed E-state index contributed by atoms with van der Waals surface area (Å²) in [6.45, 7) is 2.78. The van der Waals surface area contributed by atoms with Crippen LogP contribution in [0.1, 0.15) is 6.92 Å². The maximum Gasteiger partial charge on any atom is 0.195 e. The Morgan fingerprint density at radius 2 is 2.31 bits per heavy atom. The maximum atomic E-state index is 6.17. The Balaban J connectivity index is 2.63. The van der Waals surface area contributed by atoms with Gasteiger partial charge in [-0.1, -0.05) is 27.5 Å². The molecule has 2 rings (SSSR count). The standard InChI is InChI=1S/C10H9BrClN3S/c1-2-15-9(13-14-10(15)16)7-4-3-6(11)5-8(7)12/h3-5H,2H2,1H3,(H,14,16). The molecule has 0 fully saturated rings. The third-order valence-electron chi connectivity index (χ3n) is 2.25. The highest BCUT2D eigenvalue weighted by Gasteiger charge is 2.11. The first kappa shape index (κ1) is 11.8. The topological polar surface area (TPSA) is 33.6 Å². The Labute approximate surface area is 112 Å². The fourth-order valence-electron chi connectivity index (χ4n) is 1.49. The van der Waals surface area contributed by atoms with E-state index in [0.29, 0.717) is 9.79 Å². The third-order valence-corrected chi connectivity index (χ3v) is 3.36. The van der Waals surface area contributed by atoms with E-state index in [4.69, 9.17) is 23.8 Å². The van der Waals surface area contributed by atoms with Crippen molar-refractivity contribution in [1.82, 2.24) is 14.8 Å². The molecule has 0 atom stereocenters. The lowest BCUT2D eigenvalue weighted by molar-refractivity contribution is 0.755. The van der Waals surface area contributed by atoms with Crippen LogP contribution in [-0.4, -0.2) is 14.8 Å². The maximum absolute atomic E-state index is 6.17. The van der Waals surface area contributed by atoms with E-state index in [1.54, 1.807) is 0 Å². The summed E-state index contributed by atoms with van der Waals surface area (Å²) in [6, 6.07) is 5.69. The van der Waals surface area contributed by atoms with Crippen molar-refractivity contribution in [2.24, 2.45) is 0 Å². The molecular formula is C10H9BrClN3S. The van der Waals surface area contributed by atoms with Crippen LogP contribution < -0.4 is 0 Å². The summed E-state index contributed by atoms with van der Waals surface area (Å²) >= 11 is 14.7. The van der Waals surface area contributed by atoms with Gasteiger partial charge in [0.2, 0.25) is 0 Å². The van der Waals surface area contributed by atoms with Gasteiger partial charge in [0.1, 0.15) is 0 Å². The lowest BCUT2D eigenvalue weighted by Crippen LogP contribution is -1.97. The molecule has 0 amide bonds. The van der Waals surface area contributed by atoms with Crippen molar-refractivity contribution in [3.63, 3.8) is 0 Å². The number of benzene rings is 1. The Morgan fingerprint density at radius 1 is 1.56 bits per heavy atom. The van der Waals surface area contributed by atoms with Crippen LogP contribution in [0.2, 0.25) is 5.02 Å². The second kappa shape index (κ2) is 4.69. The van der Waals surface area contributed by atoms with Crippen molar-refractivity contribution in [1.29, 1.82) is 0 Å². The summed E-state index contributed by atoms with van der Waals surface area (Å²) in [7, 11) is 0. The van der Waals surface area contributed by atoms with Gasteiger partial charge in [0.25, 0.3) is 0 Å². The zero-order chi connectivity index (χ0) is 11.7. The van der Waals surface area contributed by atoms with Crippen LogP contribution >= 0.6 is 39.7 Å². The quantitative estimate of drug-likeness (QED) is 0.848. The number of H-pyrrole nitrogens is 1. The number of aromatic nitrogens is 3. The van der Waals surface area contributed by atoms with E-state index in [1.807, 2.05) is 29.7 Å². The van der Waals surface area contributed by atoms with Gasteiger partial charge >= 0.3 is 0 Å². The first-order chi connectivity index (χ1) is 7.63. The van der Waals surface area contributed by atoms with Crippen LogP contribution in [0.4, 0.5) is 0 Å². The molecular weight excluding hydrogens is 310 g/mol. The van der Waals surface area contributed by atoms with Gasteiger partial charge < -0.3 is 4.57 Å². The summed E-state index contributed by atoms with van der Waals surface area (Å²) in [5.41, 5.74) is 0.874. The lowest BCUT2D eigenvalue weighted by atomic mass is 10.2. The smallest absolute Gasteiger partial charge is 0.195 e. The molecule has 1 aromatic heterocycles. The monoisotopic (exact) mass is 317 g/mol. The number of hydrogen-bond acceptors (Lipinski definition) is 2. The summed E-state index contributed by atoms with van der Waals surface area (Å²) in [4.78, 5) is 0. The number of rotatable bonds is 2. The average molecular weight is 319 g/mol. The third kappa shape index (κ3) is 2.07. The van der Waals surface area contributed by atoms with E-state index < -0.39 is 0 Å². The summed E-state index contributed by atoms with van der Waals surface area (Å²) < 4.78 is 3.46. The molecule has 6 heteroatoms. The average Bonchev–Trinajstić information content (AvgIpc) is 2.59. The van der Waals surface area contributed by atoms with E-state index in [-0.39, 0.29) is 0 Å². The second-order valence-electron chi connectivity index (χ2n) is 3.22. The first-order valence-corrected chi connectivity index (χ1v) is 6.32. The Morgan fingerprint density at radius 3 is 2.94 bits per heavy atom. The predicted octanol–water partition coefficient (Wildman–Crippen LogP) is 4.04. The summed E-state index contributed by atoms with van der Waals surface area (Å²) in [6.07, 6.45) is 0. The van der Waals surface area contributed by atoms with Crippen molar-refractivity contribution in [3.8, 4) is 11.4 Å². The molecule has 0 unspecified atom stereocenters. The minimum Gasteiger partial charge on any atom is -0.300 e. The lowest BCUT2D eigenvalue weighted by Gasteiger charge is -2.05. The molecule has 0 aliphatic rings. The molecule has 2 aromatic rings. The Bertz CT molecular complexity index is 576. The number of aromatic amines is 1. The van der Waals surface area contributed by atoms with Gasteiger partial charge in [-0.15, -0.1) is 0 Å². The molecule has 84 valence electrons. The van der Waals surface area contributed by atoms with E-state index in [1.165, 1.54) is 0 Å². The van der Waals surface area contributed by atoms with E-state index in [2.05, 4.69) is 26.1 Å².